The summed E-state index contributed by atoms with van der Waals surface area (Å²) in [7, 11) is 3.78. The van der Waals surface area contributed by atoms with Crippen LogP contribution in [-0.2, 0) is 13.5 Å². The van der Waals surface area contributed by atoms with E-state index < -0.39 is 6.10 Å². The molecule has 1 aliphatic heterocycles. The predicted molar refractivity (Wildman–Crippen MR) is 62.3 cm³/mol. The molecule has 16 heavy (non-hydrogen) atoms. The molecule has 6 nitrogen and oxygen atoms in total. The van der Waals surface area contributed by atoms with Crippen LogP contribution in [0.3, 0.4) is 0 Å². The van der Waals surface area contributed by atoms with Gasteiger partial charge < -0.3 is 5.11 Å². The molecule has 0 spiro atoms. The van der Waals surface area contributed by atoms with Gasteiger partial charge in [0.05, 0.1) is 13.2 Å². The molecule has 0 aromatic carbocycles. The summed E-state index contributed by atoms with van der Waals surface area (Å²) in [6, 6.07) is 0.197. The van der Waals surface area contributed by atoms with Crippen LogP contribution in [0.15, 0.2) is 0 Å². The number of thioether (sulfide) groups is 1. The highest BCUT2D eigenvalue weighted by molar-refractivity contribution is 7.99. The van der Waals surface area contributed by atoms with Crippen LogP contribution < -0.4 is 0 Å². The monoisotopic (exact) mass is 243 g/mol. The Morgan fingerprint density at radius 1 is 1.56 bits per heavy atom. The van der Waals surface area contributed by atoms with Crippen molar-refractivity contribution in [2.75, 3.05) is 25.1 Å². The summed E-state index contributed by atoms with van der Waals surface area (Å²) in [6.45, 7) is 1.03. The Hall–Kier alpha value is -0.660. The van der Waals surface area contributed by atoms with Gasteiger partial charge in [-0.15, -0.1) is 10.2 Å². The quantitative estimate of drug-likeness (QED) is 0.747. The first-order valence-corrected chi connectivity index (χ1v) is 6.51. The van der Waals surface area contributed by atoms with Crippen molar-refractivity contribution in [1.82, 2.24) is 25.1 Å². The first-order chi connectivity index (χ1) is 7.66. The van der Waals surface area contributed by atoms with Crippen molar-refractivity contribution in [2.24, 2.45) is 7.05 Å². The molecular weight excluding hydrogens is 226 g/mol. The summed E-state index contributed by atoms with van der Waals surface area (Å²) in [5.41, 5.74) is 0. The Kier molecular flexibility index (Phi) is 3.78. The van der Waals surface area contributed by atoms with Gasteiger partial charge in [-0.3, -0.25) is 4.90 Å². The third-order valence-corrected chi connectivity index (χ3v) is 3.88. The van der Waals surface area contributed by atoms with Crippen molar-refractivity contribution in [2.45, 2.75) is 18.6 Å². The zero-order valence-corrected chi connectivity index (χ0v) is 10.4. The molecular formula is C9H17N5OS. The summed E-state index contributed by atoms with van der Waals surface area (Å²) < 4.78 is 0. The molecule has 1 aromatic rings. The zero-order valence-electron chi connectivity index (χ0n) is 9.57. The third-order valence-electron chi connectivity index (χ3n) is 2.83. The lowest BCUT2D eigenvalue weighted by atomic mass is 10.1. The minimum absolute atomic E-state index is 0.197. The van der Waals surface area contributed by atoms with Crippen LogP contribution in [0.5, 0.6) is 0 Å². The lowest BCUT2D eigenvalue weighted by Crippen LogP contribution is -2.47. The number of tetrazole rings is 1. The Balaban J connectivity index is 1.93. The zero-order chi connectivity index (χ0) is 11.5. The van der Waals surface area contributed by atoms with E-state index in [1.54, 1.807) is 7.05 Å². The summed E-state index contributed by atoms with van der Waals surface area (Å²) in [5, 5.41) is 21.9. The first kappa shape index (κ1) is 11.8. The van der Waals surface area contributed by atoms with Gasteiger partial charge in [0.25, 0.3) is 0 Å². The van der Waals surface area contributed by atoms with Crippen LogP contribution >= 0.6 is 11.8 Å². The topological polar surface area (TPSA) is 67.1 Å². The van der Waals surface area contributed by atoms with Crippen molar-refractivity contribution in [3.05, 3.63) is 5.82 Å². The maximum atomic E-state index is 10.1. The molecule has 2 unspecified atom stereocenters. The van der Waals surface area contributed by atoms with Crippen LogP contribution in [0.2, 0.25) is 0 Å². The maximum absolute atomic E-state index is 10.1. The van der Waals surface area contributed by atoms with E-state index in [-0.39, 0.29) is 6.04 Å². The number of aliphatic hydroxyl groups excluding tert-OH is 1. The summed E-state index contributed by atoms with van der Waals surface area (Å²) in [5.74, 6) is 2.72. The van der Waals surface area contributed by atoms with Gasteiger partial charge in [0, 0.05) is 30.5 Å². The van der Waals surface area contributed by atoms with E-state index in [2.05, 4.69) is 27.4 Å². The fraction of sp³-hybridized carbons (Fsp3) is 0.889. The van der Waals surface area contributed by atoms with Gasteiger partial charge >= 0.3 is 0 Å². The normalized spacial score (nSPS) is 24.6. The molecule has 2 atom stereocenters. The number of rotatable bonds is 3. The molecule has 2 heterocycles. The second-order valence-corrected chi connectivity index (χ2v) is 5.24. The Bertz CT molecular complexity index is 344. The second kappa shape index (κ2) is 5.11. The average Bonchev–Trinajstić information content (AvgIpc) is 2.64. The molecule has 2 rings (SSSR count). The standard InChI is InChI=1S/C9H17N5OS/c1-13-3-4-16-6-7(13)8(15)5-9-10-12-14(2)11-9/h7-8,15H,3-6H2,1-2H3. The molecule has 0 bridgehead atoms. The van der Waals surface area contributed by atoms with Gasteiger partial charge in [-0.1, -0.05) is 0 Å². The van der Waals surface area contributed by atoms with E-state index in [0.717, 1.165) is 18.1 Å². The van der Waals surface area contributed by atoms with Crippen molar-refractivity contribution in [3.63, 3.8) is 0 Å². The highest BCUT2D eigenvalue weighted by Crippen LogP contribution is 2.18. The van der Waals surface area contributed by atoms with E-state index in [9.17, 15) is 5.11 Å². The van der Waals surface area contributed by atoms with E-state index >= 15 is 0 Å². The van der Waals surface area contributed by atoms with Crippen molar-refractivity contribution < 1.29 is 5.11 Å². The minimum atomic E-state index is -0.415. The molecule has 90 valence electrons. The average molecular weight is 243 g/mol. The van der Waals surface area contributed by atoms with Gasteiger partial charge in [-0.2, -0.15) is 16.6 Å². The molecule has 1 saturated heterocycles. The highest BCUT2D eigenvalue weighted by atomic mass is 32.2. The lowest BCUT2D eigenvalue weighted by Gasteiger charge is -2.34. The lowest BCUT2D eigenvalue weighted by molar-refractivity contribution is 0.0748. The Morgan fingerprint density at radius 2 is 2.38 bits per heavy atom. The number of aryl methyl sites for hydroxylation is 1. The minimum Gasteiger partial charge on any atom is -0.391 e. The summed E-state index contributed by atoms with van der Waals surface area (Å²) >= 11 is 1.89. The number of nitrogens with zero attached hydrogens (tertiary/aromatic N) is 5. The van der Waals surface area contributed by atoms with Gasteiger partial charge in [0.15, 0.2) is 5.82 Å². The van der Waals surface area contributed by atoms with Crippen molar-refractivity contribution in [3.8, 4) is 0 Å². The van der Waals surface area contributed by atoms with Crippen LogP contribution in [-0.4, -0.2) is 67.5 Å². The molecule has 0 saturated carbocycles. The first-order valence-electron chi connectivity index (χ1n) is 5.35. The molecule has 1 fully saturated rings. The van der Waals surface area contributed by atoms with Crippen LogP contribution in [0.25, 0.3) is 0 Å². The van der Waals surface area contributed by atoms with Gasteiger partial charge in [0.1, 0.15) is 0 Å². The molecule has 0 radical (unpaired) electrons. The van der Waals surface area contributed by atoms with Gasteiger partial charge in [-0.25, -0.2) is 0 Å². The van der Waals surface area contributed by atoms with E-state index in [1.807, 2.05) is 11.8 Å². The molecule has 1 aliphatic rings. The number of likely N-dealkylation sites (N-methyl/N-ethyl adjacent to an activating group) is 1. The van der Waals surface area contributed by atoms with Gasteiger partial charge in [0.2, 0.25) is 0 Å². The Labute approximate surface area is 99.0 Å². The molecule has 0 aliphatic carbocycles. The predicted octanol–water partition coefficient (Wildman–Crippen LogP) is -0.839. The maximum Gasteiger partial charge on any atom is 0.177 e. The summed E-state index contributed by atoms with van der Waals surface area (Å²) in [6.07, 6.45) is 0.0608. The molecule has 1 aromatic heterocycles. The largest absolute Gasteiger partial charge is 0.391 e. The fourth-order valence-corrected chi connectivity index (χ4v) is 3.14. The number of hydrogen-bond acceptors (Lipinski definition) is 6. The highest BCUT2D eigenvalue weighted by Gasteiger charge is 2.27. The van der Waals surface area contributed by atoms with E-state index in [1.165, 1.54) is 4.80 Å². The fourth-order valence-electron chi connectivity index (χ4n) is 1.84. The van der Waals surface area contributed by atoms with E-state index in [0.29, 0.717) is 12.2 Å². The smallest absolute Gasteiger partial charge is 0.177 e. The Morgan fingerprint density at radius 3 is 3.00 bits per heavy atom. The van der Waals surface area contributed by atoms with E-state index in [4.69, 9.17) is 0 Å². The number of aliphatic hydroxyl groups is 1. The number of aromatic nitrogens is 4. The van der Waals surface area contributed by atoms with Crippen LogP contribution in [0.4, 0.5) is 0 Å². The van der Waals surface area contributed by atoms with Crippen molar-refractivity contribution in [1.29, 1.82) is 0 Å². The number of hydrogen-bond donors (Lipinski definition) is 1. The van der Waals surface area contributed by atoms with Crippen molar-refractivity contribution >= 4 is 11.8 Å². The van der Waals surface area contributed by atoms with Gasteiger partial charge in [-0.05, 0) is 12.3 Å². The van der Waals surface area contributed by atoms with Crippen LogP contribution in [0, 0.1) is 0 Å². The molecule has 7 heteroatoms. The summed E-state index contributed by atoms with van der Waals surface area (Å²) in [4.78, 5) is 3.62. The molecule has 0 amide bonds. The third kappa shape index (κ3) is 2.72. The molecule has 1 N–H and O–H groups in total. The van der Waals surface area contributed by atoms with Crippen LogP contribution in [0.1, 0.15) is 5.82 Å². The second-order valence-electron chi connectivity index (χ2n) is 4.09. The SMILES string of the molecule is CN1CCSCC1C(O)Cc1nnn(C)n1.